The van der Waals surface area contributed by atoms with Crippen LogP contribution in [0.4, 0.5) is 0 Å². The molecule has 0 unspecified atom stereocenters. The first-order valence-electron chi connectivity index (χ1n) is 5.18. The highest BCUT2D eigenvalue weighted by atomic mass is 35.5. The van der Waals surface area contributed by atoms with Crippen LogP contribution in [-0.4, -0.2) is 39.2 Å². The fourth-order valence-electron chi connectivity index (χ4n) is 1.18. The van der Waals surface area contributed by atoms with Gasteiger partial charge in [0.05, 0.1) is 16.5 Å². The summed E-state index contributed by atoms with van der Waals surface area (Å²) < 4.78 is 30.6. The topological polar surface area (TPSA) is 119 Å². The summed E-state index contributed by atoms with van der Waals surface area (Å²) in [6, 6.07) is 3.76. The summed E-state index contributed by atoms with van der Waals surface area (Å²) in [7, 11) is -3.73. The van der Waals surface area contributed by atoms with Gasteiger partial charge in [-0.3, -0.25) is 4.79 Å². The minimum atomic E-state index is -3.73. The maximum absolute atomic E-state index is 11.7. The van der Waals surface area contributed by atoms with Crippen molar-refractivity contribution in [1.29, 1.82) is 0 Å². The van der Waals surface area contributed by atoms with Crippen LogP contribution in [0.2, 0.25) is 5.02 Å². The number of carbonyl (C=O) groups is 1. The molecule has 0 saturated heterocycles. The fourth-order valence-corrected chi connectivity index (χ4v) is 2.52. The number of amides is 1. The largest absolute Gasteiger partial charge is 0.482 e. The maximum Gasteiger partial charge on any atom is 0.255 e. The molecule has 0 aliphatic rings. The summed E-state index contributed by atoms with van der Waals surface area (Å²) in [6.07, 6.45) is 0. The zero-order chi connectivity index (χ0) is 14.5. The molecule has 0 aliphatic carbocycles. The molecule has 1 aromatic rings. The number of hydrogen-bond acceptors (Lipinski definition) is 5. The molecule has 7 nitrogen and oxygen atoms in total. The van der Waals surface area contributed by atoms with Crippen LogP contribution in [0, 0.1) is 0 Å². The van der Waals surface area contributed by atoms with Crippen LogP contribution in [0.1, 0.15) is 0 Å². The van der Waals surface area contributed by atoms with Gasteiger partial charge in [0.2, 0.25) is 10.0 Å². The standard InChI is InChI=1S/C10H13ClN2O5S/c11-8-5-7(19(16,17)13-3-4-14)1-2-9(8)18-6-10(12)15/h1-2,5,13-14H,3-4,6H2,(H2,12,15). The number of ether oxygens (including phenoxy) is 1. The van der Waals surface area contributed by atoms with Crippen molar-refractivity contribution in [3.63, 3.8) is 0 Å². The van der Waals surface area contributed by atoms with Gasteiger partial charge in [0.15, 0.2) is 6.61 Å². The number of halogens is 1. The average molecular weight is 309 g/mol. The Kier molecular flexibility index (Phi) is 5.55. The molecule has 1 rings (SSSR count). The van der Waals surface area contributed by atoms with Gasteiger partial charge in [0, 0.05) is 6.54 Å². The number of carbonyl (C=O) groups excluding carboxylic acids is 1. The van der Waals surface area contributed by atoms with E-state index < -0.39 is 15.9 Å². The van der Waals surface area contributed by atoms with Crippen LogP contribution in [-0.2, 0) is 14.8 Å². The molecule has 0 fully saturated rings. The van der Waals surface area contributed by atoms with E-state index in [1.807, 2.05) is 0 Å². The third-order valence-corrected chi connectivity index (χ3v) is 3.74. The number of rotatable bonds is 7. The van der Waals surface area contributed by atoms with E-state index >= 15 is 0 Å². The van der Waals surface area contributed by atoms with E-state index in [1.54, 1.807) is 0 Å². The number of primary amides is 1. The molecule has 0 bridgehead atoms. The lowest BCUT2D eigenvalue weighted by atomic mass is 10.3. The second kappa shape index (κ2) is 6.71. The maximum atomic E-state index is 11.7. The number of sulfonamides is 1. The van der Waals surface area contributed by atoms with E-state index in [9.17, 15) is 13.2 Å². The van der Waals surface area contributed by atoms with Crippen molar-refractivity contribution in [2.75, 3.05) is 19.8 Å². The predicted octanol–water partition coefficient (Wildman–Crippen LogP) is -0.525. The van der Waals surface area contributed by atoms with E-state index in [0.717, 1.165) is 0 Å². The van der Waals surface area contributed by atoms with Gasteiger partial charge >= 0.3 is 0 Å². The number of nitrogens with two attached hydrogens (primary N) is 1. The number of nitrogens with one attached hydrogen (secondary N) is 1. The van der Waals surface area contributed by atoms with E-state index in [0.29, 0.717) is 0 Å². The number of hydrogen-bond donors (Lipinski definition) is 3. The molecule has 0 atom stereocenters. The number of aliphatic hydroxyl groups is 1. The van der Waals surface area contributed by atoms with Crippen LogP contribution < -0.4 is 15.2 Å². The zero-order valence-electron chi connectivity index (χ0n) is 9.80. The Morgan fingerprint density at radius 2 is 2.16 bits per heavy atom. The normalized spacial score (nSPS) is 11.3. The van der Waals surface area contributed by atoms with Gasteiger partial charge in [0.1, 0.15) is 5.75 Å². The lowest BCUT2D eigenvalue weighted by Gasteiger charge is -2.09. The summed E-state index contributed by atoms with van der Waals surface area (Å²) >= 11 is 5.83. The molecule has 9 heteroatoms. The lowest BCUT2D eigenvalue weighted by molar-refractivity contribution is -0.119. The van der Waals surface area contributed by atoms with Crippen LogP contribution in [0.15, 0.2) is 23.1 Å². The zero-order valence-corrected chi connectivity index (χ0v) is 11.4. The Morgan fingerprint density at radius 1 is 1.47 bits per heavy atom. The van der Waals surface area contributed by atoms with E-state index in [1.165, 1.54) is 18.2 Å². The molecule has 0 saturated carbocycles. The highest BCUT2D eigenvalue weighted by Crippen LogP contribution is 2.27. The molecule has 106 valence electrons. The number of aliphatic hydroxyl groups excluding tert-OH is 1. The smallest absolute Gasteiger partial charge is 0.255 e. The predicted molar refractivity (Wildman–Crippen MR) is 68.4 cm³/mol. The molecule has 0 aliphatic heterocycles. The Hall–Kier alpha value is -1.35. The van der Waals surface area contributed by atoms with Crippen LogP contribution in [0.5, 0.6) is 5.75 Å². The molecule has 0 spiro atoms. The Balaban J connectivity index is 2.90. The molecule has 0 aromatic heterocycles. The lowest BCUT2D eigenvalue weighted by Crippen LogP contribution is -2.26. The fraction of sp³-hybridized carbons (Fsp3) is 0.300. The summed E-state index contributed by atoms with van der Waals surface area (Å²) in [5.74, 6) is -0.515. The monoisotopic (exact) mass is 308 g/mol. The Bertz CT molecular complexity index is 561. The third-order valence-electron chi connectivity index (χ3n) is 1.99. The van der Waals surface area contributed by atoms with Gasteiger partial charge < -0.3 is 15.6 Å². The SMILES string of the molecule is NC(=O)COc1ccc(S(=O)(=O)NCCO)cc1Cl. The highest BCUT2D eigenvalue weighted by Gasteiger charge is 2.15. The van der Waals surface area contributed by atoms with Crippen molar-refractivity contribution in [2.45, 2.75) is 4.90 Å². The summed E-state index contributed by atoms with van der Waals surface area (Å²) in [6.45, 7) is -0.763. The number of benzene rings is 1. The van der Waals surface area contributed by atoms with Crippen molar-refractivity contribution < 1.29 is 23.1 Å². The van der Waals surface area contributed by atoms with Crippen molar-refractivity contribution in [2.24, 2.45) is 5.73 Å². The van der Waals surface area contributed by atoms with Gasteiger partial charge in [-0.25, -0.2) is 13.1 Å². The van der Waals surface area contributed by atoms with Crippen molar-refractivity contribution in [1.82, 2.24) is 4.72 Å². The molecule has 19 heavy (non-hydrogen) atoms. The van der Waals surface area contributed by atoms with Crippen molar-refractivity contribution >= 4 is 27.5 Å². The minimum Gasteiger partial charge on any atom is -0.482 e. The summed E-state index contributed by atoms with van der Waals surface area (Å²) in [5.41, 5.74) is 4.91. The molecule has 1 aromatic carbocycles. The van der Waals surface area contributed by atoms with Crippen LogP contribution in [0.3, 0.4) is 0 Å². The third kappa shape index (κ3) is 4.67. The van der Waals surface area contributed by atoms with Crippen LogP contribution >= 0.6 is 11.6 Å². The van der Waals surface area contributed by atoms with Crippen molar-refractivity contribution in [3.05, 3.63) is 23.2 Å². The average Bonchev–Trinajstić information content (AvgIpc) is 2.34. The van der Waals surface area contributed by atoms with Gasteiger partial charge in [-0.2, -0.15) is 0 Å². The van der Waals surface area contributed by atoms with E-state index in [4.69, 9.17) is 27.2 Å². The molecule has 1 amide bonds. The minimum absolute atomic E-state index is 0.0353. The molecule has 0 heterocycles. The highest BCUT2D eigenvalue weighted by molar-refractivity contribution is 7.89. The molecule has 4 N–H and O–H groups in total. The van der Waals surface area contributed by atoms with Gasteiger partial charge in [-0.05, 0) is 18.2 Å². The van der Waals surface area contributed by atoms with Gasteiger partial charge in [-0.15, -0.1) is 0 Å². The van der Waals surface area contributed by atoms with Gasteiger partial charge in [0.25, 0.3) is 5.91 Å². The van der Waals surface area contributed by atoms with Crippen molar-refractivity contribution in [3.8, 4) is 5.75 Å². The van der Waals surface area contributed by atoms with Crippen LogP contribution in [0.25, 0.3) is 0 Å². The summed E-state index contributed by atoms with van der Waals surface area (Å²) in [5, 5.41) is 8.62. The Morgan fingerprint density at radius 3 is 2.68 bits per heavy atom. The first-order chi connectivity index (χ1) is 8.86. The second-order valence-electron chi connectivity index (χ2n) is 3.47. The molecular weight excluding hydrogens is 296 g/mol. The quantitative estimate of drug-likeness (QED) is 0.626. The first-order valence-corrected chi connectivity index (χ1v) is 7.04. The van der Waals surface area contributed by atoms with E-state index in [2.05, 4.69) is 4.72 Å². The Labute approximate surface area is 115 Å². The van der Waals surface area contributed by atoms with Gasteiger partial charge in [-0.1, -0.05) is 11.6 Å². The summed E-state index contributed by atoms with van der Waals surface area (Å²) in [4.78, 5) is 10.5. The molecular formula is C10H13ClN2O5S. The first kappa shape index (κ1) is 15.7. The second-order valence-corrected chi connectivity index (χ2v) is 5.64. The van der Waals surface area contributed by atoms with E-state index in [-0.39, 0.29) is 35.4 Å². The molecule has 0 radical (unpaired) electrons.